The Morgan fingerprint density at radius 3 is 1.03 bits per heavy atom. The molecule has 2 atom stereocenters. The van der Waals surface area contributed by atoms with Crippen molar-refractivity contribution in [2.75, 3.05) is 0 Å². The van der Waals surface area contributed by atoms with Gasteiger partial charge in [0, 0.05) is 0 Å². The molecule has 0 bridgehead atoms. The van der Waals surface area contributed by atoms with E-state index in [0.29, 0.717) is 23.0 Å². The highest BCUT2D eigenvalue weighted by Gasteiger charge is 2.39. The molecule has 0 spiro atoms. The lowest BCUT2D eigenvalue weighted by atomic mass is 9.67. The van der Waals surface area contributed by atoms with E-state index in [1.807, 2.05) is 0 Å². The molecular formula is C56H86F4O. The van der Waals surface area contributed by atoms with Crippen molar-refractivity contribution in [2.24, 2.45) is 47.3 Å². The summed E-state index contributed by atoms with van der Waals surface area (Å²) in [4.78, 5) is 0. The van der Waals surface area contributed by atoms with Crippen LogP contribution in [0, 0.1) is 70.6 Å². The van der Waals surface area contributed by atoms with E-state index >= 15 is 0 Å². The topological polar surface area (TPSA) is 9.23 Å². The van der Waals surface area contributed by atoms with Crippen LogP contribution < -0.4 is 0 Å². The number of hydrogen-bond acceptors (Lipinski definition) is 1. The molecule has 0 N–H and O–H groups in total. The van der Waals surface area contributed by atoms with Crippen molar-refractivity contribution >= 4 is 0 Å². The molecule has 4 aliphatic carbocycles. The Balaban J connectivity index is 1.04. The minimum Gasteiger partial charge on any atom is -0.365 e. The normalized spacial score (nSPS) is 28.4. The first-order valence-corrected chi connectivity index (χ1v) is 26.4. The molecule has 0 amide bonds. The smallest absolute Gasteiger partial charge is 0.159 e. The van der Waals surface area contributed by atoms with E-state index in [9.17, 15) is 17.6 Å². The molecule has 2 aromatic carbocycles. The van der Waals surface area contributed by atoms with E-state index in [1.165, 1.54) is 178 Å². The zero-order chi connectivity index (χ0) is 42.8. The van der Waals surface area contributed by atoms with Gasteiger partial charge in [-0.15, -0.1) is 0 Å². The third-order valence-electron chi connectivity index (χ3n) is 16.9. The van der Waals surface area contributed by atoms with E-state index in [1.54, 1.807) is 12.1 Å². The van der Waals surface area contributed by atoms with Gasteiger partial charge in [0.25, 0.3) is 0 Å². The van der Waals surface area contributed by atoms with Crippen molar-refractivity contribution in [1.82, 2.24) is 0 Å². The predicted molar refractivity (Wildman–Crippen MR) is 246 cm³/mol. The number of halogens is 4. The van der Waals surface area contributed by atoms with Crippen LogP contribution in [0.1, 0.15) is 243 Å². The second-order valence-electron chi connectivity index (χ2n) is 21.1. The maximum atomic E-state index is 15.0. The molecule has 4 fully saturated rings. The first-order valence-electron chi connectivity index (χ1n) is 26.4. The SMILES string of the molecule is CCCCCCCCC[C@H]1CC[C@H]([C@H]2CC[C@H](C(OC(c3ccc(F)c(F)c3)[C@H]3CC[C@H]([C@H]4CC[C@H](CCCCCCCCC)CC4)CC3)c3ccc(F)c(F)c3)CC2)CC1. The maximum absolute atomic E-state index is 15.0. The van der Waals surface area contributed by atoms with Crippen molar-refractivity contribution < 1.29 is 22.3 Å². The second kappa shape index (κ2) is 26.2. The summed E-state index contributed by atoms with van der Waals surface area (Å²) in [5.74, 6) is 1.73. The van der Waals surface area contributed by atoms with Gasteiger partial charge in [0.15, 0.2) is 23.3 Å². The summed E-state index contributed by atoms with van der Waals surface area (Å²) in [6.45, 7) is 4.57. The van der Waals surface area contributed by atoms with Crippen LogP contribution >= 0.6 is 0 Å². The van der Waals surface area contributed by atoms with Crippen LogP contribution in [0.25, 0.3) is 0 Å². The molecule has 0 aliphatic heterocycles. The van der Waals surface area contributed by atoms with Crippen LogP contribution in [0.4, 0.5) is 17.6 Å². The quantitative estimate of drug-likeness (QED) is 0.0755. The molecule has 0 heterocycles. The molecule has 5 heteroatoms. The zero-order valence-corrected chi connectivity index (χ0v) is 38.8. The summed E-state index contributed by atoms with van der Waals surface area (Å²) < 4.78 is 65.9. The molecule has 6 rings (SSSR count). The Morgan fingerprint density at radius 2 is 0.705 bits per heavy atom. The molecule has 4 saturated carbocycles. The summed E-state index contributed by atoms with van der Waals surface area (Å²) in [6, 6.07) is 8.54. The Hall–Kier alpha value is -1.88. The van der Waals surface area contributed by atoms with E-state index in [4.69, 9.17) is 4.74 Å². The minimum absolute atomic E-state index is 0.162. The van der Waals surface area contributed by atoms with Gasteiger partial charge in [0.1, 0.15) is 0 Å². The standard InChI is InChI=1S/C56H86F4O/c1-3-5-7-9-11-13-15-17-41-19-23-43(24-20-41)45-27-31-47(32-28-45)55(49-35-37-51(57)53(59)39-49)61-56(50-36-38-52(58)54(60)40-50)48-33-29-46(30-34-48)44-25-21-42(22-26-44)18-16-14-12-10-8-6-4-2/h35-48,55-56H,3-34H2,1-2H3/t41-,42-,43-,44-,45-,46-,47-,48-,55?,56?. The van der Waals surface area contributed by atoms with E-state index in [2.05, 4.69) is 13.8 Å². The third-order valence-corrected chi connectivity index (χ3v) is 16.9. The van der Waals surface area contributed by atoms with Gasteiger partial charge < -0.3 is 4.74 Å². The van der Waals surface area contributed by atoms with E-state index < -0.39 is 35.5 Å². The molecule has 0 aromatic heterocycles. The zero-order valence-electron chi connectivity index (χ0n) is 38.8. The fourth-order valence-corrected chi connectivity index (χ4v) is 13.0. The first kappa shape index (κ1) is 48.6. The number of ether oxygens (including phenoxy) is 1. The van der Waals surface area contributed by atoms with Crippen molar-refractivity contribution in [3.05, 3.63) is 70.8 Å². The number of hydrogen-bond donors (Lipinski definition) is 0. The molecule has 1 nitrogen and oxygen atoms in total. The Morgan fingerprint density at radius 1 is 0.393 bits per heavy atom. The van der Waals surface area contributed by atoms with Gasteiger partial charge in [-0.1, -0.05) is 154 Å². The fourth-order valence-electron chi connectivity index (χ4n) is 13.0. The monoisotopic (exact) mass is 851 g/mol. The van der Waals surface area contributed by atoms with Gasteiger partial charge in [-0.05, 0) is 160 Å². The molecule has 61 heavy (non-hydrogen) atoms. The van der Waals surface area contributed by atoms with Gasteiger partial charge in [-0.25, -0.2) is 17.6 Å². The lowest BCUT2D eigenvalue weighted by Crippen LogP contribution is -2.31. The average Bonchev–Trinajstić information content (AvgIpc) is 3.29. The Labute approximate surface area is 370 Å². The Kier molecular flexibility index (Phi) is 20.8. The predicted octanol–water partition coefficient (Wildman–Crippen LogP) is 18.5. The van der Waals surface area contributed by atoms with Gasteiger partial charge in [0.05, 0.1) is 12.2 Å². The summed E-state index contributed by atoms with van der Waals surface area (Å²) in [7, 11) is 0. The molecule has 4 aliphatic rings. The van der Waals surface area contributed by atoms with Crippen LogP contribution in [-0.4, -0.2) is 0 Å². The number of unbranched alkanes of at least 4 members (excludes halogenated alkanes) is 12. The van der Waals surface area contributed by atoms with Gasteiger partial charge in [0.2, 0.25) is 0 Å². The van der Waals surface area contributed by atoms with Crippen LogP contribution in [0.15, 0.2) is 36.4 Å². The highest BCUT2D eigenvalue weighted by Crippen LogP contribution is 2.50. The van der Waals surface area contributed by atoms with Crippen LogP contribution in [-0.2, 0) is 4.74 Å². The number of rotatable bonds is 24. The van der Waals surface area contributed by atoms with Crippen molar-refractivity contribution in [1.29, 1.82) is 0 Å². The largest absolute Gasteiger partial charge is 0.365 e. The third kappa shape index (κ3) is 15.1. The highest BCUT2D eigenvalue weighted by molar-refractivity contribution is 5.24. The lowest BCUT2D eigenvalue weighted by molar-refractivity contribution is -0.0937. The fraction of sp³-hybridized carbons (Fsp3) is 0.786. The Bertz CT molecular complexity index is 1380. The molecule has 344 valence electrons. The second-order valence-corrected chi connectivity index (χ2v) is 21.1. The summed E-state index contributed by atoms with van der Waals surface area (Å²) in [5.41, 5.74) is 1.34. The van der Waals surface area contributed by atoms with Crippen molar-refractivity contribution in [2.45, 2.75) is 232 Å². The van der Waals surface area contributed by atoms with E-state index in [-0.39, 0.29) is 11.8 Å². The summed E-state index contributed by atoms with van der Waals surface area (Å²) in [6.07, 6.45) is 40.7. The van der Waals surface area contributed by atoms with Gasteiger partial charge in [-0.3, -0.25) is 0 Å². The van der Waals surface area contributed by atoms with Crippen LogP contribution in [0.2, 0.25) is 0 Å². The molecular weight excluding hydrogens is 765 g/mol. The minimum atomic E-state index is -0.852. The van der Waals surface area contributed by atoms with Crippen LogP contribution in [0.3, 0.4) is 0 Å². The van der Waals surface area contributed by atoms with Gasteiger partial charge >= 0.3 is 0 Å². The van der Waals surface area contributed by atoms with Crippen molar-refractivity contribution in [3.8, 4) is 0 Å². The van der Waals surface area contributed by atoms with E-state index in [0.717, 1.165) is 75.0 Å². The molecule has 2 aromatic rings. The van der Waals surface area contributed by atoms with Gasteiger partial charge in [-0.2, -0.15) is 0 Å². The summed E-state index contributed by atoms with van der Waals surface area (Å²) >= 11 is 0. The lowest BCUT2D eigenvalue weighted by Gasteiger charge is -2.43. The average molecular weight is 851 g/mol. The summed E-state index contributed by atoms with van der Waals surface area (Å²) in [5, 5.41) is 0. The number of benzene rings is 2. The van der Waals surface area contributed by atoms with Crippen molar-refractivity contribution in [3.63, 3.8) is 0 Å². The first-order chi connectivity index (χ1) is 29.8. The molecule has 2 unspecified atom stereocenters. The molecule has 0 saturated heterocycles. The molecule has 0 radical (unpaired) electrons. The van der Waals surface area contributed by atoms with Crippen LogP contribution in [0.5, 0.6) is 0 Å². The maximum Gasteiger partial charge on any atom is 0.159 e. The highest BCUT2D eigenvalue weighted by atomic mass is 19.2.